The molecule has 0 unspecified atom stereocenters. The highest BCUT2D eigenvalue weighted by atomic mass is 16.6. The third-order valence-corrected chi connectivity index (χ3v) is 5.02. The Balaban J connectivity index is 2.15. The minimum atomic E-state index is -0.672. The zero-order valence-corrected chi connectivity index (χ0v) is 19.1. The Kier molecular flexibility index (Phi) is 7.65. The normalized spacial score (nSPS) is 12.5. The number of hydrogen-bond acceptors (Lipinski definition) is 4. The minimum Gasteiger partial charge on any atom is -0.444 e. The number of rotatable bonds is 7. The molecule has 2 amide bonds. The Labute approximate surface area is 179 Å². The summed E-state index contributed by atoms with van der Waals surface area (Å²) in [5, 5.41) is 5.69. The Morgan fingerprint density at radius 3 is 2.20 bits per heavy atom. The highest BCUT2D eigenvalue weighted by Crippen LogP contribution is 2.24. The van der Waals surface area contributed by atoms with E-state index >= 15 is 0 Å². The van der Waals surface area contributed by atoms with Crippen molar-refractivity contribution in [2.24, 2.45) is 13.0 Å². The van der Waals surface area contributed by atoms with Crippen molar-refractivity contribution < 1.29 is 14.3 Å². The largest absolute Gasteiger partial charge is 0.444 e. The first-order valence-corrected chi connectivity index (χ1v) is 10.4. The zero-order chi connectivity index (χ0) is 22.5. The van der Waals surface area contributed by atoms with Crippen molar-refractivity contribution in [2.45, 2.75) is 66.0 Å². The number of carbonyl (C=O) groups is 2. The van der Waals surface area contributed by atoms with E-state index in [0.29, 0.717) is 5.69 Å². The summed E-state index contributed by atoms with van der Waals surface area (Å²) in [7, 11) is 1.95. The molecule has 1 atom stereocenters. The standard InChI is InChI=1S/C23H34N4O3/c1-8-16(9-2)19(26-22(29)30-23(4,5)6)21(28)25-18-12-10-17(11-13-18)20-15(3)24-14-27(20)7/h10-14,16,19H,8-9H2,1-7H3,(H,25,28)(H,26,29)/t19-/m0/s1. The molecular weight excluding hydrogens is 380 g/mol. The van der Waals surface area contributed by atoms with E-state index in [4.69, 9.17) is 4.74 Å². The van der Waals surface area contributed by atoms with Crippen LogP contribution in [-0.2, 0) is 16.6 Å². The lowest BCUT2D eigenvalue weighted by atomic mass is 9.93. The second-order valence-corrected chi connectivity index (χ2v) is 8.56. The zero-order valence-electron chi connectivity index (χ0n) is 19.1. The van der Waals surface area contributed by atoms with Gasteiger partial charge in [-0.15, -0.1) is 0 Å². The lowest BCUT2D eigenvalue weighted by Gasteiger charge is -2.27. The molecular formula is C23H34N4O3. The van der Waals surface area contributed by atoms with Crippen LogP contribution in [0.1, 0.15) is 53.2 Å². The second kappa shape index (κ2) is 9.78. The van der Waals surface area contributed by atoms with Gasteiger partial charge in [0, 0.05) is 18.3 Å². The summed E-state index contributed by atoms with van der Waals surface area (Å²) in [6.45, 7) is 11.4. The Bertz CT molecular complexity index is 842. The van der Waals surface area contributed by atoms with E-state index < -0.39 is 17.7 Å². The average molecular weight is 415 g/mol. The van der Waals surface area contributed by atoms with Crippen molar-refractivity contribution in [3.63, 3.8) is 0 Å². The van der Waals surface area contributed by atoms with Crippen LogP contribution in [0.15, 0.2) is 30.6 Å². The number of aromatic nitrogens is 2. The van der Waals surface area contributed by atoms with Crippen LogP contribution in [-0.4, -0.2) is 33.2 Å². The van der Waals surface area contributed by atoms with Gasteiger partial charge in [-0.1, -0.05) is 38.8 Å². The van der Waals surface area contributed by atoms with Crippen LogP contribution in [0.25, 0.3) is 11.3 Å². The molecule has 0 bridgehead atoms. The van der Waals surface area contributed by atoms with Gasteiger partial charge < -0.3 is 19.9 Å². The molecule has 0 spiro atoms. The predicted molar refractivity (Wildman–Crippen MR) is 119 cm³/mol. The third-order valence-electron chi connectivity index (χ3n) is 5.02. The smallest absolute Gasteiger partial charge is 0.408 e. The number of carbonyl (C=O) groups excluding carboxylic acids is 2. The summed E-state index contributed by atoms with van der Waals surface area (Å²) in [6, 6.07) is 6.95. The van der Waals surface area contributed by atoms with Crippen LogP contribution in [0.2, 0.25) is 0 Å². The summed E-state index contributed by atoms with van der Waals surface area (Å²) in [5.41, 5.74) is 3.05. The predicted octanol–water partition coefficient (Wildman–Crippen LogP) is 4.66. The van der Waals surface area contributed by atoms with Gasteiger partial charge in [-0.05, 0) is 45.7 Å². The molecule has 7 heteroatoms. The molecule has 30 heavy (non-hydrogen) atoms. The molecule has 164 valence electrons. The van der Waals surface area contributed by atoms with Gasteiger partial charge in [0.1, 0.15) is 11.6 Å². The molecule has 2 rings (SSSR count). The fourth-order valence-electron chi connectivity index (χ4n) is 3.48. The summed E-state index contributed by atoms with van der Waals surface area (Å²) in [6.07, 6.45) is 2.73. The molecule has 1 heterocycles. The van der Waals surface area contributed by atoms with E-state index in [-0.39, 0.29) is 11.8 Å². The molecule has 2 N–H and O–H groups in total. The van der Waals surface area contributed by atoms with Crippen LogP contribution >= 0.6 is 0 Å². The fraction of sp³-hybridized carbons (Fsp3) is 0.522. The molecule has 0 aliphatic rings. The lowest BCUT2D eigenvalue weighted by molar-refractivity contribution is -0.119. The van der Waals surface area contributed by atoms with Gasteiger partial charge in [-0.3, -0.25) is 4.79 Å². The molecule has 2 aromatic rings. The molecule has 0 aliphatic carbocycles. The minimum absolute atomic E-state index is 0.00823. The Hall–Kier alpha value is -2.83. The molecule has 1 aromatic heterocycles. The van der Waals surface area contributed by atoms with Gasteiger partial charge in [-0.2, -0.15) is 0 Å². The molecule has 0 saturated carbocycles. The Morgan fingerprint density at radius 2 is 1.73 bits per heavy atom. The van der Waals surface area contributed by atoms with Gasteiger partial charge in [0.05, 0.1) is 17.7 Å². The molecule has 0 radical (unpaired) electrons. The highest BCUT2D eigenvalue weighted by molar-refractivity contribution is 5.97. The van der Waals surface area contributed by atoms with Crippen molar-refractivity contribution >= 4 is 17.7 Å². The monoisotopic (exact) mass is 414 g/mol. The first-order valence-electron chi connectivity index (χ1n) is 10.4. The number of ether oxygens (including phenoxy) is 1. The number of benzene rings is 1. The topological polar surface area (TPSA) is 85.2 Å². The second-order valence-electron chi connectivity index (χ2n) is 8.56. The van der Waals surface area contributed by atoms with Crippen molar-refractivity contribution in [2.75, 3.05) is 5.32 Å². The number of aryl methyl sites for hydroxylation is 2. The fourth-order valence-corrected chi connectivity index (χ4v) is 3.48. The van der Waals surface area contributed by atoms with Crippen molar-refractivity contribution in [1.29, 1.82) is 0 Å². The number of anilines is 1. The van der Waals surface area contributed by atoms with E-state index in [1.54, 1.807) is 27.1 Å². The number of nitrogens with one attached hydrogen (secondary N) is 2. The van der Waals surface area contributed by atoms with Crippen LogP contribution in [0.5, 0.6) is 0 Å². The lowest BCUT2D eigenvalue weighted by Crippen LogP contribution is -2.49. The first-order chi connectivity index (χ1) is 14.1. The number of nitrogens with zero attached hydrogens (tertiary/aromatic N) is 2. The molecule has 0 saturated heterocycles. The number of amides is 2. The van der Waals surface area contributed by atoms with Crippen LogP contribution in [0.3, 0.4) is 0 Å². The molecule has 0 fully saturated rings. The van der Waals surface area contributed by atoms with Gasteiger partial charge in [0.15, 0.2) is 0 Å². The van der Waals surface area contributed by atoms with E-state index in [9.17, 15) is 9.59 Å². The number of imidazole rings is 1. The van der Waals surface area contributed by atoms with Gasteiger partial charge in [0.2, 0.25) is 5.91 Å². The first kappa shape index (κ1) is 23.4. The van der Waals surface area contributed by atoms with E-state index in [1.807, 2.05) is 56.7 Å². The summed E-state index contributed by atoms with van der Waals surface area (Å²) < 4.78 is 7.32. The molecule has 1 aromatic carbocycles. The SMILES string of the molecule is CCC(CC)[C@H](NC(=O)OC(C)(C)C)C(=O)Nc1ccc(-c2c(C)ncn2C)cc1. The van der Waals surface area contributed by atoms with E-state index in [1.165, 1.54) is 0 Å². The van der Waals surface area contributed by atoms with Gasteiger partial charge in [-0.25, -0.2) is 9.78 Å². The average Bonchev–Trinajstić information content (AvgIpc) is 2.99. The molecule has 7 nitrogen and oxygen atoms in total. The van der Waals surface area contributed by atoms with Crippen molar-refractivity contribution in [3.8, 4) is 11.3 Å². The maximum atomic E-state index is 13.0. The third kappa shape index (κ3) is 6.08. The Morgan fingerprint density at radius 1 is 1.13 bits per heavy atom. The van der Waals surface area contributed by atoms with Crippen LogP contribution in [0, 0.1) is 12.8 Å². The maximum Gasteiger partial charge on any atom is 0.408 e. The summed E-state index contributed by atoms with van der Waals surface area (Å²) in [5.74, 6) is -0.243. The number of alkyl carbamates (subject to hydrolysis) is 1. The van der Waals surface area contributed by atoms with Gasteiger partial charge >= 0.3 is 6.09 Å². The van der Waals surface area contributed by atoms with Crippen molar-refractivity contribution in [3.05, 3.63) is 36.3 Å². The summed E-state index contributed by atoms with van der Waals surface area (Å²) in [4.78, 5) is 29.6. The van der Waals surface area contributed by atoms with E-state index in [2.05, 4.69) is 15.6 Å². The van der Waals surface area contributed by atoms with Crippen molar-refractivity contribution in [1.82, 2.24) is 14.9 Å². The van der Waals surface area contributed by atoms with E-state index in [0.717, 1.165) is 29.8 Å². The van der Waals surface area contributed by atoms with Gasteiger partial charge in [0.25, 0.3) is 0 Å². The maximum absolute atomic E-state index is 13.0. The highest BCUT2D eigenvalue weighted by Gasteiger charge is 2.29. The quantitative estimate of drug-likeness (QED) is 0.690. The van der Waals surface area contributed by atoms with Crippen LogP contribution < -0.4 is 10.6 Å². The summed E-state index contributed by atoms with van der Waals surface area (Å²) >= 11 is 0. The van der Waals surface area contributed by atoms with Crippen LogP contribution in [0.4, 0.5) is 10.5 Å². The molecule has 0 aliphatic heterocycles. The number of hydrogen-bond donors (Lipinski definition) is 2.